The molecule has 0 atom stereocenters. The molecule has 0 aromatic rings. The quantitative estimate of drug-likeness (QED) is 0.410. The highest BCUT2D eigenvalue weighted by Gasteiger charge is 2.30. The Balaban J connectivity index is 1.80. The fourth-order valence-electron chi connectivity index (χ4n) is 2.49. The Morgan fingerprint density at radius 3 is 2.20 bits per heavy atom. The molecule has 0 aliphatic carbocycles. The van der Waals surface area contributed by atoms with Crippen LogP contribution in [0.2, 0.25) is 0 Å². The number of nitrogens with zero attached hydrogens (tertiary/aromatic N) is 3. The number of piperidine rings is 1. The first-order valence-electron chi connectivity index (χ1n) is 5.77. The van der Waals surface area contributed by atoms with Gasteiger partial charge in [0.05, 0.1) is 13.1 Å². The van der Waals surface area contributed by atoms with Gasteiger partial charge in [0.25, 0.3) is 0 Å². The zero-order chi connectivity index (χ0) is 10.9. The molecule has 0 aromatic heterocycles. The molecule has 0 N–H and O–H groups in total. The van der Waals surface area contributed by atoms with Crippen LogP contribution < -0.4 is 0 Å². The second-order valence-corrected chi connectivity index (χ2v) is 6.57. The minimum Gasteiger partial charge on any atom is -0.625 e. The average Bonchev–Trinajstić information content (AvgIpc) is 2.20. The van der Waals surface area contributed by atoms with Crippen molar-refractivity contribution >= 4 is 22.9 Å². The zero-order valence-electron chi connectivity index (χ0n) is 9.36. The molecule has 0 unspecified atom stereocenters. The van der Waals surface area contributed by atoms with Crippen LogP contribution in [0.4, 0.5) is 0 Å². The molecule has 0 bridgehead atoms. The Bertz CT molecular complexity index is 207. The number of piperazine rings is 1. The van der Waals surface area contributed by atoms with Crippen molar-refractivity contribution in [3.8, 4) is 0 Å². The zero-order valence-corrected chi connectivity index (χ0v) is 11.5. The van der Waals surface area contributed by atoms with Crippen molar-refractivity contribution in [3.63, 3.8) is 0 Å². The predicted molar refractivity (Wildman–Crippen MR) is 69.5 cm³/mol. The van der Waals surface area contributed by atoms with Crippen LogP contribution in [-0.4, -0.2) is 65.0 Å². The molecule has 5 heteroatoms. The summed E-state index contributed by atoms with van der Waals surface area (Å²) in [4.78, 5) is 4.96. The molecule has 2 heterocycles. The molecule has 0 amide bonds. The lowest BCUT2D eigenvalue weighted by molar-refractivity contribution is -0.705. The van der Waals surface area contributed by atoms with Gasteiger partial charge in [-0.25, -0.2) is 0 Å². The van der Waals surface area contributed by atoms with Gasteiger partial charge in [-0.3, -0.25) is 4.90 Å². The molecule has 2 saturated heterocycles. The molecule has 0 radical (unpaired) electrons. The maximum Gasteiger partial charge on any atom is 0.249 e. The molecular formula is C10H20IN3O. The summed E-state index contributed by atoms with van der Waals surface area (Å²) in [7, 11) is 2.18. The molecule has 4 nitrogen and oxygen atoms in total. The smallest absolute Gasteiger partial charge is 0.249 e. The van der Waals surface area contributed by atoms with Crippen molar-refractivity contribution in [2.24, 2.45) is 0 Å². The van der Waals surface area contributed by atoms with E-state index in [9.17, 15) is 5.21 Å². The first-order chi connectivity index (χ1) is 7.07. The predicted octanol–water partition coefficient (Wildman–Crippen LogP) is 1.06. The van der Waals surface area contributed by atoms with E-state index in [-0.39, 0.29) is 2.86 Å². The van der Waals surface area contributed by atoms with Gasteiger partial charge in [-0.1, -0.05) is 0 Å². The largest absolute Gasteiger partial charge is 0.625 e. The number of hydroxylamine groups is 2. The Kier molecular flexibility index (Phi) is 3.88. The van der Waals surface area contributed by atoms with Gasteiger partial charge in [-0.15, -0.1) is 0 Å². The average molecular weight is 325 g/mol. The third-order valence-electron chi connectivity index (χ3n) is 3.65. The Labute approximate surface area is 106 Å². The number of hydrogen-bond acceptors (Lipinski definition) is 3. The molecule has 2 rings (SSSR count). The summed E-state index contributed by atoms with van der Waals surface area (Å²) < 4.78 is -0.0536. The minimum atomic E-state index is -0.0536. The summed E-state index contributed by atoms with van der Waals surface area (Å²) >= 11 is 2.03. The van der Waals surface area contributed by atoms with E-state index in [4.69, 9.17) is 0 Å². The van der Waals surface area contributed by atoms with Crippen LogP contribution in [0.25, 0.3) is 0 Å². The van der Waals surface area contributed by atoms with Gasteiger partial charge in [0, 0.05) is 45.1 Å². The highest BCUT2D eigenvalue weighted by Crippen LogP contribution is 2.26. The number of rotatable bonds is 1. The van der Waals surface area contributed by atoms with E-state index >= 15 is 0 Å². The van der Waals surface area contributed by atoms with Gasteiger partial charge in [0.2, 0.25) is 22.9 Å². The standard InChI is InChI=1S/C10H20IN3O/c1-12-4-6-13(7-5-12)10-2-8-14(11,15)9-3-10/h10H,2-9H2,1H3. The van der Waals surface area contributed by atoms with Crippen LogP contribution in [0.5, 0.6) is 0 Å². The van der Waals surface area contributed by atoms with E-state index < -0.39 is 0 Å². The maximum atomic E-state index is 11.7. The van der Waals surface area contributed by atoms with Crippen molar-refractivity contribution in [2.75, 3.05) is 46.3 Å². The highest BCUT2D eigenvalue weighted by atomic mass is 127. The summed E-state index contributed by atoms with van der Waals surface area (Å²) in [6.07, 6.45) is 2.16. The fourth-order valence-corrected chi connectivity index (χ4v) is 3.05. The summed E-state index contributed by atoms with van der Waals surface area (Å²) in [5, 5.41) is 11.7. The lowest BCUT2D eigenvalue weighted by atomic mass is 10.0. The molecule has 2 fully saturated rings. The summed E-state index contributed by atoms with van der Waals surface area (Å²) in [6.45, 7) is 6.30. The van der Waals surface area contributed by atoms with E-state index in [0.717, 1.165) is 25.9 Å². The topological polar surface area (TPSA) is 29.5 Å². The second kappa shape index (κ2) is 4.83. The lowest BCUT2D eigenvalue weighted by Crippen LogP contribution is -2.53. The highest BCUT2D eigenvalue weighted by molar-refractivity contribution is 14.1. The van der Waals surface area contributed by atoms with Crippen LogP contribution in [-0.2, 0) is 0 Å². The first-order valence-corrected chi connectivity index (χ1v) is 6.74. The Morgan fingerprint density at radius 1 is 1.13 bits per heavy atom. The van der Waals surface area contributed by atoms with Gasteiger partial charge in [-0.2, -0.15) is 0 Å². The van der Waals surface area contributed by atoms with Crippen molar-refractivity contribution in [3.05, 3.63) is 5.21 Å². The third kappa shape index (κ3) is 3.26. The van der Waals surface area contributed by atoms with E-state index in [2.05, 4.69) is 16.8 Å². The summed E-state index contributed by atoms with van der Waals surface area (Å²) in [5.41, 5.74) is 0. The number of hydrogen-bond donors (Lipinski definition) is 0. The van der Waals surface area contributed by atoms with E-state index in [0.29, 0.717) is 6.04 Å². The lowest BCUT2D eigenvalue weighted by Gasteiger charge is -2.45. The second-order valence-electron chi connectivity index (χ2n) is 4.81. The van der Waals surface area contributed by atoms with Crippen LogP contribution >= 0.6 is 22.9 Å². The number of likely N-dealkylation sites (N-methyl/N-ethyl adjacent to an activating group) is 1. The summed E-state index contributed by atoms with van der Waals surface area (Å²) in [6, 6.07) is 0.675. The molecule has 0 spiro atoms. The molecule has 2 aliphatic rings. The van der Waals surface area contributed by atoms with Crippen molar-refractivity contribution in [1.29, 1.82) is 0 Å². The molecule has 88 valence electrons. The van der Waals surface area contributed by atoms with E-state index in [1.54, 1.807) is 0 Å². The van der Waals surface area contributed by atoms with Gasteiger partial charge >= 0.3 is 0 Å². The van der Waals surface area contributed by atoms with Crippen molar-refractivity contribution in [2.45, 2.75) is 18.9 Å². The number of quaternary nitrogens is 1. The van der Waals surface area contributed by atoms with Crippen LogP contribution in [0.15, 0.2) is 0 Å². The van der Waals surface area contributed by atoms with Crippen molar-refractivity contribution in [1.82, 2.24) is 9.80 Å². The Morgan fingerprint density at radius 2 is 1.67 bits per heavy atom. The maximum absolute atomic E-state index is 11.7. The molecule has 15 heavy (non-hydrogen) atoms. The SMILES string of the molecule is CN1CCN(C2CC[N+]([O-])(I)CC2)CC1. The number of halogens is 1. The molecule has 2 aliphatic heterocycles. The third-order valence-corrected chi connectivity index (χ3v) is 4.61. The van der Waals surface area contributed by atoms with Crippen LogP contribution in [0, 0.1) is 5.21 Å². The van der Waals surface area contributed by atoms with Gasteiger partial charge in [-0.05, 0) is 7.05 Å². The Hall–Kier alpha value is 0.570. The summed E-state index contributed by atoms with van der Waals surface area (Å²) in [5.74, 6) is 0. The van der Waals surface area contributed by atoms with Gasteiger partial charge in [0.1, 0.15) is 0 Å². The normalized spacial score (nSPS) is 40.6. The van der Waals surface area contributed by atoms with Gasteiger partial charge < -0.3 is 13.0 Å². The molecular weight excluding hydrogens is 305 g/mol. The van der Waals surface area contributed by atoms with Crippen LogP contribution in [0.1, 0.15) is 12.8 Å². The minimum absolute atomic E-state index is 0.0536. The van der Waals surface area contributed by atoms with E-state index in [1.807, 2.05) is 22.9 Å². The first kappa shape index (κ1) is 12.0. The van der Waals surface area contributed by atoms with Crippen molar-refractivity contribution < 1.29 is 2.86 Å². The fraction of sp³-hybridized carbons (Fsp3) is 1.00. The monoisotopic (exact) mass is 325 g/mol. The molecule has 0 aromatic carbocycles. The molecule has 0 saturated carbocycles. The van der Waals surface area contributed by atoms with Crippen LogP contribution in [0.3, 0.4) is 0 Å². The van der Waals surface area contributed by atoms with Gasteiger partial charge in [0.15, 0.2) is 0 Å². The van der Waals surface area contributed by atoms with E-state index in [1.165, 1.54) is 26.2 Å².